The van der Waals surface area contributed by atoms with Gasteiger partial charge in [-0.05, 0) is 56.6 Å². The fraction of sp³-hybridized carbons (Fsp3) is 0.524. The molecule has 1 amide bonds. The molecule has 1 aliphatic carbocycles. The summed E-state index contributed by atoms with van der Waals surface area (Å²) >= 11 is 6.40. The summed E-state index contributed by atoms with van der Waals surface area (Å²) in [4.78, 5) is 26.7. The minimum Gasteiger partial charge on any atom is -0.482 e. The Hall–Kier alpha value is -2.01. The van der Waals surface area contributed by atoms with Gasteiger partial charge in [0.25, 0.3) is 5.91 Å². The number of aryl methyl sites for hydroxylation is 1. The summed E-state index contributed by atoms with van der Waals surface area (Å²) in [6.07, 6.45) is 6.79. The summed E-state index contributed by atoms with van der Waals surface area (Å²) in [6, 6.07) is 3.72. The standard InChI is InChI=1S/C21H24ClNO4/c1-2-13-6-3-4-9-23(13)20(24)12-26-19-11-18-16(10-17(19)22)14-7-5-8-15(14)21(25)27-18/h10-11,13H,2-9,12H2,1H3/t13-/m0/s1. The first kappa shape index (κ1) is 18.4. The first-order chi connectivity index (χ1) is 13.1. The molecule has 1 aromatic carbocycles. The Labute approximate surface area is 163 Å². The SMILES string of the molecule is CC[C@H]1CCCCN1C(=O)COc1cc2oc(=O)c3c(c2cc1Cl)CCC3. The van der Waals surface area contributed by atoms with E-state index in [1.54, 1.807) is 12.1 Å². The van der Waals surface area contributed by atoms with Crippen molar-refractivity contribution in [1.82, 2.24) is 4.90 Å². The highest BCUT2D eigenvalue weighted by atomic mass is 35.5. The summed E-state index contributed by atoms with van der Waals surface area (Å²) in [7, 11) is 0. The number of fused-ring (bicyclic) bond motifs is 3. The van der Waals surface area contributed by atoms with Crippen LogP contribution in [0.2, 0.25) is 5.02 Å². The second kappa shape index (κ2) is 7.55. The van der Waals surface area contributed by atoms with Crippen molar-refractivity contribution in [1.29, 1.82) is 0 Å². The lowest BCUT2D eigenvalue weighted by molar-refractivity contribution is -0.137. The molecule has 144 valence electrons. The Bertz CT molecular complexity index is 936. The van der Waals surface area contributed by atoms with E-state index in [2.05, 4.69) is 6.92 Å². The molecule has 2 aliphatic rings. The number of hydrogen-bond donors (Lipinski definition) is 0. The van der Waals surface area contributed by atoms with Gasteiger partial charge in [-0.3, -0.25) is 4.79 Å². The van der Waals surface area contributed by atoms with Crippen LogP contribution in [0.1, 0.15) is 50.2 Å². The topological polar surface area (TPSA) is 59.8 Å². The summed E-state index contributed by atoms with van der Waals surface area (Å²) < 4.78 is 11.2. The lowest BCUT2D eigenvalue weighted by Crippen LogP contribution is -2.45. The number of amides is 1. The molecule has 6 heteroatoms. The molecule has 27 heavy (non-hydrogen) atoms. The quantitative estimate of drug-likeness (QED) is 0.738. The van der Waals surface area contributed by atoms with Crippen LogP contribution in [0.5, 0.6) is 5.75 Å². The predicted molar refractivity (Wildman–Crippen MR) is 105 cm³/mol. The summed E-state index contributed by atoms with van der Waals surface area (Å²) in [5, 5.41) is 1.30. The molecule has 5 nitrogen and oxygen atoms in total. The molecular weight excluding hydrogens is 366 g/mol. The molecule has 0 N–H and O–H groups in total. The molecule has 1 aromatic heterocycles. The third-order valence-electron chi connectivity index (χ3n) is 5.80. The van der Waals surface area contributed by atoms with Crippen LogP contribution < -0.4 is 10.4 Å². The van der Waals surface area contributed by atoms with E-state index in [0.717, 1.165) is 61.6 Å². The van der Waals surface area contributed by atoms with Crippen molar-refractivity contribution < 1.29 is 13.9 Å². The average Bonchev–Trinajstić information content (AvgIpc) is 3.17. The molecule has 4 rings (SSSR count). The van der Waals surface area contributed by atoms with Crippen LogP contribution in [0.15, 0.2) is 21.3 Å². The van der Waals surface area contributed by atoms with Gasteiger partial charge in [-0.1, -0.05) is 18.5 Å². The highest BCUT2D eigenvalue weighted by Crippen LogP contribution is 2.34. The Morgan fingerprint density at radius 1 is 1.26 bits per heavy atom. The number of halogens is 1. The number of nitrogens with zero attached hydrogens (tertiary/aromatic N) is 1. The van der Waals surface area contributed by atoms with Gasteiger partial charge in [-0.25, -0.2) is 4.79 Å². The average molecular weight is 390 g/mol. The van der Waals surface area contributed by atoms with Crippen molar-refractivity contribution in [3.8, 4) is 5.75 Å². The molecule has 1 fully saturated rings. The lowest BCUT2D eigenvalue weighted by atomic mass is 10.00. The summed E-state index contributed by atoms with van der Waals surface area (Å²) in [5.41, 5.74) is 1.98. The third kappa shape index (κ3) is 3.45. The molecule has 0 spiro atoms. The van der Waals surface area contributed by atoms with Crippen LogP contribution in [-0.4, -0.2) is 30.0 Å². The van der Waals surface area contributed by atoms with E-state index in [9.17, 15) is 9.59 Å². The van der Waals surface area contributed by atoms with Gasteiger partial charge in [0, 0.05) is 29.6 Å². The van der Waals surface area contributed by atoms with E-state index in [1.807, 2.05) is 4.90 Å². The first-order valence-electron chi connectivity index (χ1n) is 9.79. The molecular formula is C21H24ClNO4. The van der Waals surface area contributed by atoms with E-state index in [0.29, 0.717) is 22.4 Å². The van der Waals surface area contributed by atoms with E-state index in [-0.39, 0.29) is 18.1 Å². The van der Waals surface area contributed by atoms with Gasteiger partial charge in [0.05, 0.1) is 5.02 Å². The van der Waals surface area contributed by atoms with Gasteiger partial charge in [0.15, 0.2) is 6.61 Å². The highest BCUT2D eigenvalue weighted by Gasteiger charge is 2.26. The van der Waals surface area contributed by atoms with Gasteiger partial charge in [0.1, 0.15) is 11.3 Å². The number of carbonyl (C=O) groups excluding carboxylic acids is 1. The van der Waals surface area contributed by atoms with Gasteiger partial charge >= 0.3 is 5.63 Å². The third-order valence-corrected chi connectivity index (χ3v) is 6.09. The maximum Gasteiger partial charge on any atom is 0.339 e. The molecule has 0 unspecified atom stereocenters. The number of likely N-dealkylation sites (tertiary alicyclic amines) is 1. The maximum absolute atomic E-state index is 12.6. The maximum atomic E-state index is 12.6. The fourth-order valence-electron chi connectivity index (χ4n) is 4.37. The zero-order chi connectivity index (χ0) is 19.0. The van der Waals surface area contributed by atoms with E-state index in [1.165, 1.54) is 6.42 Å². The Balaban J connectivity index is 1.56. The van der Waals surface area contributed by atoms with Crippen molar-refractivity contribution in [2.24, 2.45) is 0 Å². The minimum absolute atomic E-state index is 0.0203. The number of ether oxygens (including phenoxy) is 1. The van der Waals surface area contributed by atoms with Gasteiger partial charge < -0.3 is 14.1 Å². The number of rotatable bonds is 4. The molecule has 0 radical (unpaired) electrons. The monoisotopic (exact) mass is 389 g/mol. The smallest absolute Gasteiger partial charge is 0.339 e. The molecule has 0 bridgehead atoms. The van der Waals surface area contributed by atoms with Crippen molar-refractivity contribution >= 4 is 28.5 Å². The normalized spacial score (nSPS) is 19.3. The number of carbonyl (C=O) groups is 1. The zero-order valence-electron chi connectivity index (χ0n) is 15.6. The molecule has 1 aliphatic heterocycles. The predicted octanol–water partition coefficient (Wildman–Crippen LogP) is 4.11. The Kier molecular flexibility index (Phi) is 5.13. The van der Waals surface area contributed by atoms with Crippen molar-refractivity contribution in [2.75, 3.05) is 13.2 Å². The van der Waals surface area contributed by atoms with Crippen molar-refractivity contribution in [2.45, 2.75) is 57.9 Å². The second-order valence-electron chi connectivity index (χ2n) is 7.41. The molecule has 0 saturated carbocycles. The zero-order valence-corrected chi connectivity index (χ0v) is 16.3. The number of hydrogen-bond acceptors (Lipinski definition) is 4. The largest absolute Gasteiger partial charge is 0.482 e. The number of benzene rings is 1. The van der Waals surface area contributed by atoms with E-state index < -0.39 is 0 Å². The molecule has 2 heterocycles. The van der Waals surface area contributed by atoms with Gasteiger partial charge in [-0.2, -0.15) is 0 Å². The highest BCUT2D eigenvalue weighted by molar-refractivity contribution is 6.32. The van der Waals surface area contributed by atoms with Crippen LogP contribution >= 0.6 is 11.6 Å². The second-order valence-corrected chi connectivity index (χ2v) is 7.82. The Morgan fingerprint density at radius 2 is 2.07 bits per heavy atom. The Morgan fingerprint density at radius 3 is 2.89 bits per heavy atom. The van der Waals surface area contributed by atoms with Crippen LogP contribution in [0.4, 0.5) is 0 Å². The lowest BCUT2D eigenvalue weighted by Gasteiger charge is -2.35. The summed E-state index contributed by atoms with van der Waals surface area (Å²) in [6.45, 7) is 2.84. The van der Waals surface area contributed by atoms with E-state index >= 15 is 0 Å². The first-order valence-corrected chi connectivity index (χ1v) is 10.2. The number of piperidine rings is 1. The minimum atomic E-state index is -0.279. The summed E-state index contributed by atoms with van der Waals surface area (Å²) in [5.74, 6) is 0.358. The fourth-order valence-corrected chi connectivity index (χ4v) is 4.59. The van der Waals surface area contributed by atoms with Crippen molar-refractivity contribution in [3.05, 3.63) is 38.7 Å². The van der Waals surface area contributed by atoms with Gasteiger partial charge in [0.2, 0.25) is 0 Å². The van der Waals surface area contributed by atoms with Gasteiger partial charge in [-0.15, -0.1) is 0 Å². The van der Waals surface area contributed by atoms with Crippen LogP contribution in [0.25, 0.3) is 11.0 Å². The molecule has 1 saturated heterocycles. The van der Waals surface area contributed by atoms with Crippen LogP contribution in [0.3, 0.4) is 0 Å². The molecule has 2 aromatic rings. The van der Waals surface area contributed by atoms with Crippen molar-refractivity contribution in [3.63, 3.8) is 0 Å². The molecule has 1 atom stereocenters. The van der Waals surface area contributed by atoms with Crippen LogP contribution in [-0.2, 0) is 17.6 Å². The van der Waals surface area contributed by atoms with Crippen LogP contribution in [0, 0.1) is 0 Å². The van der Waals surface area contributed by atoms with E-state index in [4.69, 9.17) is 20.8 Å².